The smallest absolute Gasteiger partial charge is 0.254 e. The van der Waals surface area contributed by atoms with Gasteiger partial charge in [0, 0.05) is 36.2 Å². The van der Waals surface area contributed by atoms with Gasteiger partial charge in [-0.25, -0.2) is 13.8 Å². The molecule has 2 amide bonds. The van der Waals surface area contributed by atoms with Crippen molar-refractivity contribution in [3.05, 3.63) is 58.2 Å². The minimum atomic E-state index is -0.919. The van der Waals surface area contributed by atoms with Gasteiger partial charge in [-0.05, 0) is 53.5 Å². The number of pyridine rings is 1. The van der Waals surface area contributed by atoms with Crippen molar-refractivity contribution in [3.63, 3.8) is 0 Å². The van der Waals surface area contributed by atoms with Gasteiger partial charge in [0.05, 0.1) is 5.56 Å². The number of hydrogen-bond donors (Lipinski definition) is 1. The molecule has 1 heterocycles. The topological polar surface area (TPSA) is 62.3 Å². The predicted molar refractivity (Wildman–Crippen MR) is 97.9 cm³/mol. The molecule has 1 aromatic heterocycles. The quantitative estimate of drug-likeness (QED) is 0.688. The molecule has 0 fully saturated rings. The third-order valence-corrected chi connectivity index (χ3v) is 4.10. The van der Waals surface area contributed by atoms with Crippen molar-refractivity contribution in [1.82, 2.24) is 10.3 Å². The first-order chi connectivity index (χ1) is 12.4. The summed E-state index contributed by atoms with van der Waals surface area (Å²) in [5.41, 5.74) is -0.230. The molecule has 2 aromatic rings. The highest BCUT2D eigenvalue weighted by molar-refractivity contribution is 9.10. The molecule has 5 nitrogen and oxygen atoms in total. The van der Waals surface area contributed by atoms with Gasteiger partial charge >= 0.3 is 0 Å². The monoisotopic (exact) mass is 425 g/mol. The van der Waals surface area contributed by atoms with E-state index in [-0.39, 0.29) is 24.4 Å². The average molecular weight is 426 g/mol. The van der Waals surface area contributed by atoms with E-state index in [1.54, 1.807) is 23.2 Å². The molecule has 0 aliphatic rings. The van der Waals surface area contributed by atoms with E-state index in [1.165, 1.54) is 0 Å². The van der Waals surface area contributed by atoms with E-state index in [4.69, 9.17) is 0 Å². The Morgan fingerprint density at radius 2 is 2.00 bits per heavy atom. The fourth-order valence-corrected chi connectivity index (χ4v) is 2.57. The van der Waals surface area contributed by atoms with Crippen molar-refractivity contribution in [2.75, 3.05) is 18.0 Å². The molecule has 0 aliphatic carbocycles. The van der Waals surface area contributed by atoms with Gasteiger partial charge in [-0.2, -0.15) is 0 Å². The second-order valence-corrected chi connectivity index (χ2v) is 6.37. The minimum Gasteiger partial charge on any atom is -0.352 e. The molecule has 1 aromatic carbocycles. The Labute approximate surface area is 158 Å². The zero-order valence-electron chi connectivity index (χ0n) is 14.1. The van der Waals surface area contributed by atoms with Crippen molar-refractivity contribution in [1.29, 1.82) is 0 Å². The van der Waals surface area contributed by atoms with Crippen LogP contribution in [-0.4, -0.2) is 29.9 Å². The number of halogens is 3. The summed E-state index contributed by atoms with van der Waals surface area (Å²) >= 11 is 3.29. The van der Waals surface area contributed by atoms with Crippen LogP contribution in [0.4, 0.5) is 14.6 Å². The number of nitrogens with zero attached hydrogens (tertiary/aromatic N) is 2. The van der Waals surface area contributed by atoms with Crippen molar-refractivity contribution >= 4 is 33.6 Å². The SMILES string of the molecule is CCN(C(=O)CCCNC(=O)c1ccc(F)cc1F)c1ccc(Br)cn1. The van der Waals surface area contributed by atoms with Crippen LogP contribution in [0.1, 0.15) is 30.1 Å². The van der Waals surface area contributed by atoms with Crippen molar-refractivity contribution < 1.29 is 18.4 Å². The molecular weight excluding hydrogens is 408 g/mol. The molecule has 8 heteroatoms. The average Bonchev–Trinajstić information content (AvgIpc) is 2.60. The highest BCUT2D eigenvalue weighted by atomic mass is 79.9. The number of carbonyl (C=O) groups excluding carboxylic acids is 2. The highest BCUT2D eigenvalue weighted by Gasteiger charge is 2.15. The Balaban J connectivity index is 1.83. The summed E-state index contributed by atoms with van der Waals surface area (Å²) < 4.78 is 27.2. The van der Waals surface area contributed by atoms with Crippen LogP contribution in [-0.2, 0) is 4.79 Å². The zero-order chi connectivity index (χ0) is 19.1. The number of benzene rings is 1. The molecule has 0 aliphatic heterocycles. The number of amides is 2. The Bertz CT molecular complexity index is 785. The van der Waals surface area contributed by atoms with Crippen LogP contribution in [0.5, 0.6) is 0 Å². The van der Waals surface area contributed by atoms with Crippen LogP contribution < -0.4 is 10.2 Å². The van der Waals surface area contributed by atoms with E-state index in [1.807, 2.05) is 6.92 Å². The molecule has 0 unspecified atom stereocenters. The lowest BCUT2D eigenvalue weighted by Crippen LogP contribution is -2.32. The van der Waals surface area contributed by atoms with Crippen molar-refractivity contribution in [2.45, 2.75) is 19.8 Å². The maximum Gasteiger partial charge on any atom is 0.254 e. The molecule has 0 spiro atoms. The molecule has 0 atom stereocenters. The Kier molecular flexibility index (Phi) is 7.20. The van der Waals surface area contributed by atoms with Gasteiger partial charge in [0.15, 0.2) is 0 Å². The third kappa shape index (κ3) is 5.32. The summed E-state index contributed by atoms with van der Waals surface area (Å²) in [5.74, 6) is -1.87. The summed E-state index contributed by atoms with van der Waals surface area (Å²) in [5, 5.41) is 2.52. The lowest BCUT2D eigenvalue weighted by atomic mass is 10.2. The van der Waals surface area contributed by atoms with E-state index >= 15 is 0 Å². The molecule has 0 radical (unpaired) electrons. The van der Waals surface area contributed by atoms with Crippen molar-refractivity contribution in [3.8, 4) is 0 Å². The number of aromatic nitrogens is 1. The fourth-order valence-electron chi connectivity index (χ4n) is 2.34. The summed E-state index contributed by atoms with van der Waals surface area (Å²) in [6.45, 7) is 2.52. The van der Waals surface area contributed by atoms with Crippen LogP contribution in [0.15, 0.2) is 41.0 Å². The van der Waals surface area contributed by atoms with Gasteiger partial charge in [0.2, 0.25) is 5.91 Å². The van der Waals surface area contributed by atoms with Crippen molar-refractivity contribution in [2.24, 2.45) is 0 Å². The normalized spacial score (nSPS) is 10.5. The highest BCUT2D eigenvalue weighted by Crippen LogP contribution is 2.16. The van der Waals surface area contributed by atoms with E-state index in [2.05, 4.69) is 26.2 Å². The Hall–Kier alpha value is -2.35. The standard InChI is InChI=1S/C18H18BrF2N3O2/c1-2-24(16-8-5-12(19)11-23-16)17(25)4-3-9-22-18(26)14-7-6-13(20)10-15(14)21/h5-8,10-11H,2-4,9H2,1H3,(H,22,26). The van der Waals surface area contributed by atoms with Gasteiger partial charge in [-0.15, -0.1) is 0 Å². The molecular formula is C18H18BrF2N3O2. The van der Waals surface area contributed by atoms with E-state index < -0.39 is 17.5 Å². The summed E-state index contributed by atoms with van der Waals surface area (Å²) in [7, 11) is 0. The van der Waals surface area contributed by atoms with Gasteiger partial charge in [-0.3, -0.25) is 14.5 Å². The van der Waals surface area contributed by atoms with Gasteiger partial charge in [0.25, 0.3) is 5.91 Å². The number of anilines is 1. The summed E-state index contributed by atoms with van der Waals surface area (Å²) in [6, 6.07) is 6.30. The predicted octanol–water partition coefficient (Wildman–Crippen LogP) is 3.69. The molecule has 2 rings (SSSR count). The second-order valence-electron chi connectivity index (χ2n) is 5.46. The van der Waals surface area contributed by atoms with Crippen LogP contribution >= 0.6 is 15.9 Å². The number of hydrogen-bond acceptors (Lipinski definition) is 3. The first kappa shape index (κ1) is 20.0. The van der Waals surface area contributed by atoms with Gasteiger partial charge < -0.3 is 5.32 Å². The number of nitrogens with one attached hydrogen (secondary N) is 1. The second kappa shape index (κ2) is 9.38. The third-order valence-electron chi connectivity index (χ3n) is 3.63. The molecule has 0 saturated heterocycles. The lowest BCUT2D eigenvalue weighted by Gasteiger charge is -2.20. The van der Waals surface area contributed by atoms with E-state index in [0.29, 0.717) is 24.8 Å². The molecule has 26 heavy (non-hydrogen) atoms. The first-order valence-corrected chi connectivity index (χ1v) is 8.87. The van der Waals surface area contributed by atoms with Crippen LogP contribution in [0.25, 0.3) is 0 Å². The fraction of sp³-hybridized carbons (Fsp3) is 0.278. The molecule has 0 saturated carbocycles. The van der Waals surface area contributed by atoms with E-state index in [0.717, 1.165) is 16.6 Å². The molecule has 138 valence electrons. The van der Waals surface area contributed by atoms with E-state index in [9.17, 15) is 18.4 Å². The summed E-state index contributed by atoms with van der Waals surface area (Å²) in [4.78, 5) is 30.0. The number of rotatable bonds is 7. The lowest BCUT2D eigenvalue weighted by molar-refractivity contribution is -0.118. The Morgan fingerprint density at radius 3 is 2.62 bits per heavy atom. The first-order valence-electron chi connectivity index (χ1n) is 8.07. The minimum absolute atomic E-state index is 0.121. The van der Waals surface area contributed by atoms with Gasteiger partial charge in [0.1, 0.15) is 17.5 Å². The maximum atomic E-state index is 13.5. The van der Waals surface area contributed by atoms with Crippen LogP contribution in [0, 0.1) is 11.6 Å². The summed E-state index contributed by atoms with van der Waals surface area (Å²) in [6.07, 6.45) is 2.21. The maximum absolute atomic E-state index is 13.5. The Morgan fingerprint density at radius 1 is 1.23 bits per heavy atom. The largest absolute Gasteiger partial charge is 0.352 e. The molecule has 0 bridgehead atoms. The molecule has 1 N–H and O–H groups in total. The van der Waals surface area contributed by atoms with Crippen LogP contribution in [0.3, 0.4) is 0 Å². The number of carbonyl (C=O) groups is 2. The zero-order valence-corrected chi connectivity index (χ0v) is 15.7. The van der Waals surface area contributed by atoms with Crippen LogP contribution in [0.2, 0.25) is 0 Å². The van der Waals surface area contributed by atoms with Gasteiger partial charge in [-0.1, -0.05) is 0 Å².